The molecule has 0 spiro atoms. The van der Waals surface area contributed by atoms with Gasteiger partial charge in [0.25, 0.3) is 0 Å². The van der Waals surface area contributed by atoms with E-state index in [2.05, 4.69) is 10.6 Å². The highest BCUT2D eigenvalue weighted by atomic mass is 19.1. The van der Waals surface area contributed by atoms with Crippen molar-refractivity contribution in [1.29, 1.82) is 0 Å². The van der Waals surface area contributed by atoms with E-state index in [9.17, 15) is 14.0 Å². The Kier molecular flexibility index (Phi) is 5.13. The van der Waals surface area contributed by atoms with Crippen molar-refractivity contribution in [3.05, 3.63) is 71.5 Å². The summed E-state index contributed by atoms with van der Waals surface area (Å²) in [7, 11) is 0. The highest BCUT2D eigenvalue weighted by Crippen LogP contribution is 2.45. The van der Waals surface area contributed by atoms with Gasteiger partial charge < -0.3 is 10.6 Å². The number of rotatable bonds is 6. The zero-order chi connectivity index (χ0) is 19.6. The molecule has 6 heteroatoms. The summed E-state index contributed by atoms with van der Waals surface area (Å²) in [5, 5.41) is 5.98. The van der Waals surface area contributed by atoms with E-state index in [1.165, 1.54) is 12.1 Å². The van der Waals surface area contributed by atoms with Gasteiger partial charge in [0.15, 0.2) is 0 Å². The molecule has 0 aromatic heterocycles. The lowest BCUT2D eigenvalue weighted by Gasteiger charge is -2.35. The van der Waals surface area contributed by atoms with E-state index in [-0.39, 0.29) is 29.6 Å². The number of piperazine rings is 1. The van der Waals surface area contributed by atoms with Crippen molar-refractivity contribution in [3.8, 4) is 0 Å². The van der Waals surface area contributed by atoms with Crippen LogP contribution in [0.2, 0.25) is 0 Å². The second-order valence-electron chi connectivity index (χ2n) is 7.61. The Morgan fingerprint density at radius 3 is 2.68 bits per heavy atom. The van der Waals surface area contributed by atoms with E-state index in [4.69, 9.17) is 0 Å². The van der Waals surface area contributed by atoms with Crippen molar-refractivity contribution in [1.82, 2.24) is 15.5 Å². The molecular formula is C22H24FN3O2. The Morgan fingerprint density at radius 1 is 1.18 bits per heavy atom. The third-order valence-electron chi connectivity index (χ3n) is 5.55. The van der Waals surface area contributed by atoms with Crippen molar-refractivity contribution < 1.29 is 14.0 Å². The normalized spacial score (nSPS) is 21.0. The minimum atomic E-state index is -0.552. The van der Waals surface area contributed by atoms with Crippen molar-refractivity contribution in [2.75, 3.05) is 13.1 Å². The van der Waals surface area contributed by atoms with E-state index in [0.717, 1.165) is 24.0 Å². The van der Waals surface area contributed by atoms with Gasteiger partial charge in [0.2, 0.25) is 11.8 Å². The first kappa shape index (κ1) is 18.6. The van der Waals surface area contributed by atoms with Gasteiger partial charge in [-0.05, 0) is 36.1 Å². The standard InChI is InChI=1S/C22H24FN3O2/c23-18-8-4-5-16(13-18)15-26-12-11-24-21(28)19(26)14-20(27)25-22(9-10-22)17-6-2-1-3-7-17/h1-8,13,19H,9-12,14-15H2,(H,24,28)(H,25,27). The molecule has 5 nitrogen and oxygen atoms in total. The van der Waals surface area contributed by atoms with Crippen LogP contribution in [0.4, 0.5) is 4.39 Å². The van der Waals surface area contributed by atoms with Gasteiger partial charge in [-0.1, -0.05) is 42.5 Å². The fourth-order valence-corrected chi connectivity index (χ4v) is 3.90. The Labute approximate surface area is 163 Å². The van der Waals surface area contributed by atoms with E-state index >= 15 is 0 Å². The Balaban J connectivity index is 1.43. The van der Waals surface area contributed by atoms with Crippen LogP contribution in [0, 0.1) is 5.82 Å². The smallest absolute Gasteiger partial charge is 0.237 e. The SMILES string of the molecule is O=C(CC1C(=O)NCCN1Cc1cccc(F)c1)NC1(c2ccccc2)CC1. The first-order valence-corrected chi connectivity index (χ1v) is 9.68. The van der Waals surface area contributed by atoms with Crippen LogP contribution in [0.1, 0.15) is 30.4 Å². The highest BCUT2D eigenvalue weighted by Gasteiger charge is 2.46. The van der Waals surface area contributed by atoms with Gasteiger partial charge in [-0.25, -0.2) is 4.39 Å². The van der Waals surface area contributed by atoms with Crippen LogP contribution in [0.5, 0.6) is 0 Å². The van der Waals surface area contributed by atoms with Gasteiger partial charge in [0.1, 0.15) is 5.82 Å². The third kappa shape index (κ3) is 4.07. The number of amides is 2. The first-order chi connectivity index (χ1) is 13.6. The number of nitrogens with one attached hydrogen (secondary N) is 2. The molecule has 2 aromatic carbocycles. The first-order valence-electron chi connectivity index (χ1n) is 9.68. The minimum Gasteiger partial charge on any atom is -0.353 e. The van der Waals surface area contributed by atoms with Crippen LogP contribution in [0.3, 0.4) is 0 Å². The van der Waals surface area contributed by atoms with Crippen LogP contribution in [-0.4, -0.2) is 35.8 Å². The van der Waals surface area contributed by atoms with E-state index in [1.54, 1.807) is 6.07 Å². The van der Waals surface area contributed by atoms with E-state index in [1.807, 2.05) is 41.3 Å². The summed E-state index contributed by atoms with van der Waals surface area (Å²) in [6.07, 6.45) is 1.91. The molecule has 2 aliphatic rings. The Bertz CT molecular complexity index is 867. The number of hydrogen-bond donors (Lipinski definition) is 2. The maximum atomic E-state index is 13.5. The summed E-state index contributed by atoms with van der Waals surface area (Å²) in [6, 6.07) is 15.8. The number of hydrogen-bond acceptors (Lipinski definition) is 3. The van der Waals surface area contributed by atoms with E-state index < -0.39 is 6.04 Å². The lowest BCUT2D eigenvalue weighted by atomic mass is 10.0. The summed E-state index contributed by atoms with van der Waals surface area (Å²) < 4.78 is 13.5. The summed E-state index contributed by atoms with van der Waals surface area (Å²) in [5.74, 6) is -0.582. The van der Waals surface area contributed by atoms with Gasteiger partial charge >= 0.3 is 0 Å². The number of halogens is 1. The third-order valence-corrected chi connectivity index (χ3v) is 5.55. The molecule has 0 radical (unpaired) electrons. The fourth-order valence-electron chi connectivity index (χ4n) is 3.90. The van der Waals surface area contributed by atoms with Gasteiger partial charge in [-0.2, -0.15) is 0 Å². The summed E-state index contributed by atoms with van der Waals surface area (Å²) in [5.41, 5.74) is 1.60. The van der Waals surface area contributed by atoms with Gasteiger partial charge in [-0.15, -0.1) is 0 Å². The maximum absolute atomic E-state index is 13.5. The lowest BCUT2D eigenvalue weighted by Crippen LogP contribution is -2.56. The van der Waals surface area contributed by atoms with Crippen molar-refractivity contribution >= 4 is 11.8 Å². The van der Waals surface area contributed by atoms with Crippen LogP contribution >= 0.6 is 0 Å². The van der Waals surface area contributed by atoms with Crippen LogP contribution in [0.25, 0.3) is 0 Å². The monoisotopic (exact) mass is 381 g/mol. The predicted molar refractivity (Wildman–Crippen MR) is 104 cm³/mol. The molecule has 28 heavy (non-hydrogen) atoms. The lowest BCUT2D eigenvalue weighted by molar-refractivity contribution is -0.134. The molecule has 1 saturated heterocycles. The minimum absolute atomic E-state index is 0.0930. The summed E-state index contributed by atoms with van der Waals surface area (Å²) in [6.45, 7) is 1.59. The molecule has 1 heterocycles. The second-order valence-corrected chi connectivity index (χ2v) is 7.61. The molecule has 0 bridgehead atoms. The molecule has 2 aromatic rings. The summed E-state index contributed by atoms with van der Waals surface area (Å²) in [4.78, 5) is 27.2. The number of benzene rings is 2. The second kappa shape index (κ2) is 7.72. The van der Waals surface area contributed by atoms with Gasteiger partial charge in [0.05, 0.1) is 18.0 Å². The molecule has 2 N–H and O–H groups in total. The fraction of sp³-hybridized carbons (Fsp3) is 0.364. The molecule has 1 atom stereocenters. The largest absolute Gasteiger partial charge is 0.353 e. The maximum Gasteiger partial charge on any atom is 0.237 e. The quantitative estimate of drug-likeness (QED) is 0.807. The van der Waals surface area contributed by atoms with Crippen molar-refractivity contribution in [2.24, 2.45) is 0 Å². The van der Waals surface area contributed by atoms with E-state index in [0.29, 0.717) is 19.6 Å². The van der Waals surface area contributed by atoms with Crippen molar-refractivity contribution in [2.45, 2.75) is 37.4 Å². The predicted octanol–water partition coefficient (Wildman–Crippen LogP) is 2.32. The molecular weight excluding hydrogens is 357 g/mol. The van der Waals surface area contributed by atoms with Crippen LogP contribution < -0.4 is 10.6 Å². The molecule has 1 aliphatic carbocycles. The molecule has 1 unspecified atom stereocenters. The van der Waals surface area contributed by atoms with Gasteiger partial charge in [0, 0.05) is 19.6 Å². The molecule has 146 valence electrons. The molecule has 2 amide bonds. The van der Waals surface area contributed by atoms with Crippen LogP contribution in [0.15, 0.2) is 54.6 Å². The topological polar surface area (TPSA) is 61.4 Å². The number of nitrogens with zero attached hydrogens (tertiary/aromatic N) is 1. The number of carbonyl (C=O) groups is 2. The highest BCUT2D eigenvalue weighted by molar-refractivity contribution is 5.89. The van der Waals surface area contributed by atoms with Crippen molar-refractivity contribution in [3.63, 3.8) is 0 Å². The average molecular weight is 381 g/mol. The zero-order valence-electron chi connectivity index (χ0n) is 15.7. The molecule has 1 saturated carbocycles. The zero-order valence-corrected chi connectivity index (χ0v) is 15.7. The molecule has 1 aliphatic heterocycles. The van der Waals surface area contributed by atoms with Crippen LogP contribution in [-0.2, 0) is 21.7 Å². The Hall–Kier alpha value is -2.73. The average Bonchev–Trinajstić information content (AvgIpc) is 3.46. The summed E-state index contributed by atoms with van der Waals surface area (Å²) >= 11 is 0. The van der Waals surface area contributed by atoms with Gasteiger partial charge in [-0.3, -0.25) is 14.5 Å². The molecule has 2 fully saturated rings. The molecule has 4 rings (SSSR count). The number of carbonyl (C=O) groups excluding carboxylic acids is 2. The Morgan fingerprint density at radius 2 is 1.96 bits per heavy atom.